The second-order valence-electron chi connectivity index (χ2n) is 31.0. The van der Waals surface area contributed by atoms with Crippen LogP contribution < -0.4 is 18.9 Å². The van der Waals surface area contributed by atoms with Crippen LogP contribution in [0.1, 0.15) is 90.4 Å². The molecule has 31 heteroatoms. The average molecular weight is 1770 g/mol. The SMILES string of the molecule is CCCC/C=C\C[C@@H]1[C@@H](/C=C/C2(COc3cccc(Cl)c3)OCCO2)[C@@H](F)C[C@@H]1O.O=C(/C=C/[C@@H]1[C@H]2CC(=O)O[C@H]2C[C@@H]1F)COc1cccc(Cl)c1.O=C1C[C@@H]2[C@@H](/C=C/C3(COc4cccc(Cl)c4)OCCO3)[C@@H](F)C[C@@H]2O1.O=C[C@@H]1[C@H]2CC(=O)O[C@H]2C[C@@H]1F.OC1C[C@@H]2[C@@H](/C=C/C3(COc4cccc(Cl)c4)OCCO3)[C@@H](F)C[C@@H]2O1.[V]. The van der Waals surface area contributed by atoms with E-state index in [1.165, 1.54) is 6.08 Å². The van der Waals surface area contributed by atoms with E-state index in [9.17, 15) is 56.1 Å². The molecule has 7 aliphatic heterocycles. The Morgan fingerprint density at radius 2 is 0.839 bits per heavy atom. The summed E-state index contributed by atoms with van der Waals surface area (Å²) in [5.74, 6) is -4.81. The van der Waals surface area contributed by atoms with Gasteiger partial charge in [-0.3, -0.25) is 19.2 Å². The molecule has 1 unspecified atom stereocenters. The third kappa shape index (κ3) is 24.9. The Kier molecular flexibility index (Phi) is 34.1. The van der Waals surface area contributed by atoms with Crippen molar-refractivity contribution in [1.82, 2.24) is 0 Å². The molecular weight excluding hydrogens is 1670 g/mol. The molecular formula is C87H99Cl4F5O21V. The van der Waals surface area contributed by atoms with Gasteiger partial charge in [-0.25, -0.2) is 22.0 Å². The number of rotatable bonds is 26. The van der Waals surface area contributed by atoms with E-state index >= 15 is 0 Å². The van der Waals surface area contributed by atoms with Crippen LogP contribution in [-0.2, 0) is 89.9 Å². The number of ketones is 1. The number of benzene rings is 4. The molecule has 2 N–H and O–H groups in total. The number of esters is 3. The fourth-order valence-corrected chi connectivity index (χ4v) is 17.8. The van der Waals surface area contributed by atoms with Crippen LogP contribution in [0.15, 0.2) is 158 Å². The Morgan fingerprint density at radius 1 is 0.475 bits per heavy atom. The Hall–Kier alpha value is -6.44. The van der Waals surface area contributed by atoms with Gasteiger partial charge in [-0.1, -0.05) is 127 Å². The number of carbonyl (C=O) groups is 5. The molecule has 5 saturated carbocycles. The van der Waals surface area contributed by atoms with Crippen LogP contribution in [0.3, 0.4) is 0 Å². The third-order valence-corrected chi connectivity index (χ3v) is 24.0. The Labute approximate surface area is 714 Å². The van der Waals surface area contributed by atoms with Crippen LogP contribution >= 0.6 is 46.4 Å². The number of aliphatic hydroxyl groups excluding tert-OH is 2. The average Bonchev–Trinajstić information content (AvgIpc) is 1.65. The van der Waals surface area contributed by atoms with Crippen LogP contribution in [0, 0.1) is 59.2 Å². The fourth-order valence-electron chi connectivity index (χ4n) is 17.1. The van der Waals surface area contributed by atoms with Gasteiger partial charge in [0, 0.05) is 119 Å². The summed E-state index contributed by atoms with van der Waals surface area (Å²) >= 11 is 23.8. The van der Waals surface area contributed by atoms with Crippen molar-refractivity contribution < 1.29 is 141 Å². The summed E-state index contributed by atoms with van der Waals surface area (Å²) in [7, 11) is 0. The zero-order chi connectivity index (χ0) is 82.8. The molecule has 12 aliphatic rings. The Balaban J connectivity index is 0.000000147. The van der Waals surface area contributed by atoms with Crippen LogP contribution in [0.25, 0.3) is 0 Å². The second kappa shape index (κ2) is 43.6. The van der Waals surface area contributed by atoms with E-state index in [0.29, 0.717) is 108 Å². The molecule has 0 spiro atoms. The molecule has 4 aromatic rings. The number of aliphatic hydroxyl groups is 2. The standard InChI is InChI=1S/C24H32ClFO4.C19H22ClFO5.C19H20ClFO5.C17H16ClFO4.C8H9FO3.V/c1-2-3-4-5-6-10-21-20(22(26)16-23(21)27)11-12-24(29-13-14-30-24)17-28-19-9-7-8-18(25)15-19;2*20-12-2-1-3-13(8-12)23-11-19(24-6-7-25-19)5-4-14-15-9-18(22)26-17(15)10-16(14)21;18-10-2-1-3-12(6-10)22-9-11(20)4-5-13-14-7-17(21)23-16(14)8-15(13)19;9-6-2-7-4(5(6)3-10)1-8(11)12-7;/h5-9,11-12,15,20-23,27H,2-4,10,13-14,16-17H2,1H3;1-5,8,14-18,22H,6-7,9-11H2;1-5,8,14-17H,6-7,9-11H2;1-6,13-16H,7-9H2;3-7H,1-2H2;/b6-5-,12-11+;3*5-4+;;/t20-,21-,22+,23+;14-,15-,16+,17+,18?;14-,15-,16+,17+;13-,14-,15+,16+;4-,5-,6+,7+;/m11111./s1. The van der Waals surface area contributed by atoms with Gasteiger partial charge in [-0.2, -0.15) is 0 Å². The molecule has 4 aromatic carbocycles. The summed E-state index contributed by atoms with van der Waals surface area (Å²) in [4.78, 5) is 55.8. The maximum Gasteiger partial charge on any atom is 0.306 e. The number of carbonyl (C=O) groups excluding carboxylic acids is 5. The molecule has 118 heavy (non-hydrogen) atoms. The number of aldehydes is 1. The predicted octanol–water partition coefficient (Wildman–Crippen LogP) is 15.5. The van der Waals surface area contributed by atoms with Gasteiger partial charge in [0.05, 0.1) is 77.0 Å². The molecule has 641 valence electrons. The van der Waals surface area contributed by atoms with E-state index in [-0.39, 0.29) is 185 Å². The van der Waals surface area contributed by atoms with E-state index in [0.717, 1.165) is 19.3 Å². The maximum atomic E-state index is 14.6. The number of alkyl halides is 5. The van der Waals surface area contributed by atoms with Gasteiger partial charge >= 0.3 is 17.9 Å². The minimum absolute atomic E-state index is 0. The quantitative estimate of drug-likeness (QED) is 0.0113. The van der Waals surface area contributed by atoms with Crippen molar-refractivity contribution in [3.05, 3.63) is 178 Å². The molecule has 12 fully saturated rings. The van der Waals surface area contributed by atoms with Gasteiger partial charge < -0.3 is 81.3 Å². The first-order valence-electron chi connectivity index (χ1n) is 39.9. The molecule has 16 rings (SSSR count). The summed E-state index contributed by atoms with van der Waals surface area (Å²) in [6.45, 7) is 5.04. The number of hydrogen-bond acceptors (Lipinski definition) is 21. The predicted molar refractivity (Wildman–Crippen MR) is 420 cm³/mol. The second-order valence-corrected chi connectivity index (χ2v) is 32.7. The Morgan fingerprint density at radius 3 is 1.25 bits per heavy atom. The Bertz CT molecular complexity index is 4130. The number of unbranched alkanes of at least 4 members (excludes halogenated alkanes) is 2. The number of hydrogen-bond donors (Lipinski definition) is 2. The smallest absolute Gasteiger partial charge is 0.306 e. The molecule has 1 radical (unpaired) electrons. The minimum atomic E-state index is -1.12. The van der Waals surface area contributed by atoms with Crippen molar-refractivity contribution in [2.24, 2.45) is 59.2 Å². The molecule has 0 bridgehead atoms. The topological polar surface area (TPSA) is 255 Å². The minimum Gasteiger partial charge on any atom is -0.488 e. The first kappa shape index (κ1) is 92.3. The van der Waals surface area contributed by atoms with Gasteiger partial charge in [0.1, 0.15) is 98.3 Å². The molecule has 21 nitrogen and oxygen atoms in total. The molecule has 0 amide bonds. The monoisotopic (exact) mass is 1770 g/mol. The maximum absolute atomic E-state index is 14.6. The zero-order valence-corrected chi connectivity index (χ0v) is 69.4. The van der Waals surface area contributed by atoms with Crippen LogP contribution in [0.2, 0.25) is 20.1 Å². The van der Waals surface area contributed by atoms with E-state index in [1.807, 2.05) is 12.1 Å². The van der Waals surface area contributed by atoms with Crippen LogP contribution in [0.4, 0.5) is 22.0 Å². The molecule has 0 aromatic heterocycles. The van der Waals surface area contributed by atoms with E-state index < -0.39 is 72.4 Å². The normalized spacial score (nSPS) is 32.8. The molecule has 7 saturated heterocycles. The van der Waals surface area contributed by atoms with E-state index in [4.69, 9.17) is 113 Å². The fraction of sp³-hybridized carbons (Fsp3) is 0.552. The summed E-state index contributed by atoms with van der Waals surface area (Å²) < 4.78 is 148. The summed E-state index contributed by atoms with van der Waals surface area (Å²) in [5.41, 5.74) is 0. The number of fused-ring (bicyclic) bond motifs is 4. The first-order chi connectivity index (χ1) is 56.4. The van der Waals surface area contributed by atoms with Gasteiger partial charge in [0.15, 0.2) is 18.7 Å². The third-order valence-electron chi connectivity index (χ3n) is 23.0. The zero-order valence-electron chi connectivity index (χ0n) is 65.0. The van der Waals surface area contributed by atoms with Crippen molar-refractivity contribution in [2.75, 3.05) is 66.1 Å². The van der Waals surface area contributed by atoms with E-state index in [1.54, 1.807) is 127 Å². The van der Waals surface area contributed by atoms with E-state index in [2.05, 4.69) is 19.1 Å². The van der Waals surface area contributed by atoms with Gasteiger partial charge in [-0.05, 0) is 122 Å². The van der Waals surface area contributed by atoms with Gasteiger partial charge in [0.25, 0.3) is 0 Å². The van der Waals surface area contributed by atoms with Crippen molar-refractivity contribution >= 4 is 76.4 Å². The molecule has 5 aliphatic carbocycles. The van der Waals surface area contributed by atoms with Crippen molar-refractivity contribution in [3.8, 4) is 23.0 Å². The summed E-state index contributed by atoms with van der Waals surface area (Å²) in [5, 5.41) is 22.3. The molecule has 21 atom stereocenters. The number of allylic oxidation sites excluding steroid dienone is 6. The van der Waals surface area contributed by atoms with Crippen molar-refractivity contribution in [1.29, 1.82) is 0 Å². The first-order valence-corrected chi connectivity index (χ1v) is 41.5. The summed E-state index contributed by atoms with van der Waals surface area (Å²) in [6.07, 6.45) is 16.4. The van der Waals surface area contributed by atoms with Gasteiger partial charge in [0.2, 0.25) is 17.4 Å². The number of halogens is 9. The summed E-state index contributed by atoms with van der Waals surface area (Å²) in [6, 6.07) is 28.0. The van der Waals surface area contributed by atoms with Gasteiger partial charge in [-0.15, -0.1) is 0 Å². The van der Waals surface area contributed by atoms with Crippen molar-refractivity contribution in [2.45, 2.75) is 175 Å². The largest absolute Gasteiger partial charge is 0.488 e. The number of ether oxygens (including phenoxy) is 14. The van der Waals surface area contributed by atoms with Crippen molar-refractivity contribution in [3.63, 3.8) is 0 Å². The molecule has 7 heterocycles. The van der Waals surface area contributed by atoms with Crippen LogP contribution in [-0.4, -0.2) is 191 Å². The van der Waals surface area contributed by atoms with Crippen LogP contribution in [0.5, 0.6) is 23.0 Å².